The summed E-state index contributed by atoms with van der Waals surface area (Å²) in [6, 6.07) is 0. The molecule has 0 atom stereocenters. The summed E-state index contributed by atoms with van der Waals surface area (Å²) < 4.78 is 12.0. The molecule has 0 aromatic rings. The van der Waals surface area contributed by atoms with Crippen LogP contribution in [0.25, 0.3) is 0 Å². The van der Waals surface area contributed by atoms with Gasteiger partial charge in [0.25, 0.3) is 0 Å². The third-order valence-electron chi connectivity index (χ3n) is 1.00. The number of rotatable bonds is 1. The summed E-state index contributed by atoms with van der Waals surface area (Å²) in [5.74, 6) is 0. The number of nitrogens with zero attached hydrogens (tertiary/aromatic N) is 2. The van der Waals surface area contributed by atoms with E-state index in [0.717, 1.165) is 0 Å². The molecular weight excluding hydrogens is 119 g/mol. The van der Waals surface area contributed by atoms with Crippen molar-refractivity contribution in [3.63, 3.8) is 0 Å². The number of hydrazone groups is 1. The van der Waals surface area contributed by atoms with Gasteiger partial charge in [-0.25, -0.2) is 5.01 Å². The molecule has 0 aromatic heterocycles. The van der Waals surface area contributed by atoms with Gasteiger partial charge >= 0.3 is 6.09 Å². The molecule has 0 N–H and O–H groups in total. The fourth-order valence-electron chi connectivity index (χ4n) is 0.627. The first-order valence-electron chi connectivity index (χ1n) is 3.01. The summed E-state index contributed by atoms with van der Waals surface area (Å²) in [6.45, 7) is 6.83. The van der Waals surface area contributed by atoms with Gasteiger partial charge in [-0.2, -0.15) is 4.39 Å². The van der Waals surface area contributed by atoms with Gasteiger partial charge in [0, 0.05) is 0 Å². The largest absolute Gasteiger partial charge is 0.322 e. The van der Waals surface area contributed by atoms with Crippen LogP contribution in [-0.4, -0.2) is 17.6 Å². The molecule has 0 aromatic carbocycles. The Morgan fingerprint density at radius 2 is 2.00 bits per heavy atom. The Kier molecular flexibility index (Phi) is 1.22. The average molecular weight is 130 g/mol. The Labute approximate surface area is 54.3 Å². The molecule has 1 heterocycles. The first kappa shape index (κ1) is 6.52. The lowest BCUT2D eigenvalue weighted by atomic mass is 9.97. The van der Waals surface area contributed by atoms with E-state index in [4.69, 9.17) is 0 Å². The minimum absolute atomic E-state index is 0.136. The lowest BCUT2D eigenvalue weighted by Gasteiger charge is -2.16. The summed E-state index contributed by atoms with van der Waals surface area (Å²) in [5, 5.41) is 4.80. The topological polar surface area (TPSA) is 15.4 Å². The highest BCUT2D eigenvalue weighted by Gasteiger charge is 2.28. The van der Waals surface area contributed by atoms with Crippen LogP contribution >= 0.6 is 0 Å². The molecule has 0 saturated carbocycles. The van der Waals surface area contributed by atoms with Gasteiger partial charge in [-0.15, -0.1) is 5.10 Å². The van der Waals surface area contributed by atoms with Crippen molar-refractivity contribution >= 4 is 6.09 Å². The van der Waals surface area contributed by atoms with Gasteiger partial charge in [0.1, 0.15) is 0 Å². The van der Waals surface area contributed by atoms with Gasteiger partial charge in [-0.05, 0) is 5.41 Å². The molecule has 0 saturated heterocycles. The minimum atomic E-state index is -0.329. The Balaban J connectivity index is 2.22. The quantitative estimate of drug-likeness (QED) is 0.492. The predicted octanol–water partition coefficient (Wildman–Crippen LogP) is 1.59. The smallest absolute Gasteiger partial charge is 0.217 e. The van der Waals surface area contributed by atoms with Gasteiger partial charge in [-0.3, -0.25) is 0 Å². The second kappa shape index (κ2) is 1.69. The van der Waals surface area contributed by atoms with Gasteiger partial charge in [0.15, 0.2) is 0 Å². The van der Waals surface area contributed by atoms with E-state index in [2.05, 4.69) is 5.10 Å². The molecule has 1 rings (SSSR count). The monoisotopic (exact) mass is 130 g/mol. The third-order valence-corrected chi connectivity index (χ3v) is 1.00. The zero-order chi connectivity index (χ0) is 7.07. The number of hydrogen-bond acceptors (Lipinski definition) is 2. The Morgan fingerprint density at radius 1 is 1.56 bits per heavy atom. The van der Waals surface area contributed by atoms with E-state index in [0.29, 0.717) is 6.54 Å². The first-order chi connectivity index (χ1) is 3.99. The second-order valence-electron chi connectivity index (χ2n) is 3.49. The van der Waals surface area contributed by atoms with Crippen molar-refractivity contribution in [2.24, 2.45) is 10.5 Å². The summed E-state index contributed by atoms with van der Waals surface area (Å²) in [6.07, 6.45) is -0.329. The standard InChI is InChI=1S/C6H11FN2/c1-6(2,3)4-9-5(7)8-9/h4H2,1-3H3. The van der Waals surface area contributed by atoms with Crippen LogP contribution in [0.2, 0.25) is 0 Å². The first-order valence-corrected chi connectivity index (χ1v) is 3.01. The molecule has 3 heteroatoms. The SMILES string of the molecule is CC(C)(C)CN1N=C1F. The molecule has 0 aliphatic carbocycles. The Morgan fingerprint density at radius 3 is 2.11 bits per heavy atom. The van der Waals surface area contributed by atoms with Crippen molar-refractivity contribution in [1.29, 1.82) is 0 Å². The fourth-order valence-corrected chi connectivity index (χ4v) is 0.627. The molecule has 2 nitrogen and oxygen atoms in total. The summed E-state index contributed by atoms with van der Waals surface area (Å²) in [4.78, 5) is 0. The Hall–Kier alpha value is -0.600. The van der Waals surface area contributed by atoms with Gasteiger partial charge in [-0.1, -0.05) is 20.8 Å². The van der Waals surface area contributed by atoms with Crippen LogP contribution in [0.3, 0.4) is 0 Å². The van der Waals surface area contributed by atoms with Crippen molar-refractivity contribution < 1.29 is 4.39 Å². The van der Waals surface area contributed by atoms with E-state index < -0.39 is 0 Å². The normalized spacial score (nSPS) is 17.8. The van der Waals surface area contributed by atoms with Crippen LogP contribution < -0.4 is 0 Å². The molecule has 0 bridgehead atoms. The van der Waals surface area contributed by atoms with E-state index in [1.54, 1.807) is 0 Å². The maximum absolute atomic E-state index is 12.0. The zero-order valence-electron chi connectivity index (χ0n) is 5.98. The van der Waals surface area contributed by atoms with Crippen molar-refractivity contribution in [2.45, 2.75) is 20.8 Å². The molecule has 0 spiro atoms. The summed E-state index contributed by atoms with van der Waals surface area (Å²) in [5.41, 5.74) is 0.136. The van der Waals surface area contributed by atoms with E-state index >= 15 is 0 Å². The van der Waals surface area contributed by atoms with Crippen LogP contribution in [0.5, 0.6) is 0 Å². The van der Waals surface area contributed by atoms with E-state index in [-0.39, 0.29) is 11.5 Å². The molecule has 1 aliphatic rings. The summed E-state index contributed by atoms with van der Waals surface area (Å²) >= 11 is 0. The van der Waals surface area contributed by atoms with E-state index in [1.165, 1.54) is 5.01 Å². The molecule has 0 fully saturated rings. The number of halogens is 1. The van der Waals surface area contributed by atoms with E-state index in [9.17, 15) is 4.39 Å². The molecule has 1 aliphatic heterocycles. The molecule has 9 heavy (non-hydrogen) atoms. The van der Waals surface area contributed by atoms with Crippen LogP contribution in [0, 0.1) is 5.41 Å². The zero-order valence-corrected chi connectivity index (χ0v) is 5.98. The number of amidine groups is 1. The van der Waals surface area contributed by atoms with Crippen LogP contribution in [0.1, 0.15) is 20.8 Å². The predicted molar refractivity (Wildman–Crippen MR) is 34.7 cm³/mol. The van der Waals surface area contributed by atoms with E-state index in [1.807, 2.05) is 20.8 Å². The molecule has 0 amide bonds. The highest BCUT2D eigenvalue weighted by Crippen LogP contribution is 2.21. The van der Waals surface area contributed by atoms with Gasteiger partial charge in [0.05, 0.1) is 6.54 Å². The van der Waals surface area contributed by atoms with Gasteiger partial charge in [0.2, 0.25) is 0 Å². The van der Waals surface area contributed by atoms with Crippen LogP contribution in [0.15, 0.2) is 5.10 Å². The Bertz CT molecular complexity index is 146. The van der Waals surface area contributed by atoms with Crippen molar-refractivity contribution in [1.82, 2.24) is 5.01 Å². The third kappa shape index (κ3) is 2.00. The second-order valence-corrected chi connectivity index (χ2v) is 3.49. The maximum atomic E-state index is 12.0. The van der Waals surface area contributed by atoms with Crippen molar-refractivity contribution in [3.8, 4) is 0 Å². The molecule has 52 valence electrons. The number of hydrogen-bond donors (Lipinski definition) is 0. The molecule has 0 radical (unpaired) electrons. The lowest BCUT2D eigenvalue weighted by Crippen LogP contribution is -2.20. The highest BCUT2D eigenvalue weighted by atomic mass is 19.1. The molecular formula is C6H11FN2. The van der Waals surface area contributed by atoms with Crippen molar-refractivity contribution in [3.05, 3.63) is 0 Å². The lowest BCUT2D eigenvalue weighted by molar-refractivity contribution is 0.317. The summed E-state index contributed by atoms with van der Waals surface area (Å²) in [7, 11) is 0. The fraction of sp³-hybridized carbons (Fsp3) is 0.833. The van der Waals surface area contributed by atoms with Crippen LogP contribution in [-0.2, 0) is 0 Å². The van der Waals surface area contributed by atoms with Crippen LogP contribution in [0.4, 0.5) is 4.39 Å². The average Bonchev–Trinajstić information content (AvgIpc) is 2.13. The highest BCUT2D eigenvalue weighted by molar-refractivity contribution is 5.81. The maximum Gasteiger partial charge on any atom is 0.322 e. The molecule has 0 unspecified atom stereocenters. The van der Waals surface area contributed by atoms with Gasteiger partial charge < -0.3 is 0 Å². The minimum Gasteiger partial charge on any atom is -0.217 e. The van der Waals surface area contributed by atoms with Crippen molar-refractivity contribution in [2.75, 3.05) is 6.54 Å².